The molecule has 0 bridgehead atoms. The molecule has 2 rings (SSSR count). The van der Waals surface area contributed by atoms with E-state index in [1.807, 2.05) is 0 Å². The second-order valence-electron chi connectivity index (χ2n) is 3.85. The quantitative estimate of drug-likeness (QED) is 0.660. The molecule has 0 aliphatic heterocycles. The van der Waals surface area contributed by atoms with Crippen LogP contribution in [0, 0.1) is 10.1 Å². The van der Waals surface area contributed by atoms with Gasteiger partial charge < -0.3 is 14.3 Å². The van der Waals surface area contributed by atoms with Crippen LogP contribution in [-0.2, 0) is 6.61 Å². The second-order valence-corrected chi connectivity index (χ2v) is 4.66. The molecule has 110 valence electrons. The summed E-state index contributed by atoms with van der Waals surface area (Å²) in [6, 6.07) is 3.45. The molecule has 0 fully saturated rings. The number of nitrogens with zero attached hydrogens (tertiary/aromatic N) is 1. The van der Waals surface area contributed by atoms with Gasteiger partial charge in [-0.25, -0.2) is 4.79 Å². The van der Waals surface area contributed by atoms with Crippen molar-refractivity contribution in [3.63, 3.8) is 0 Å². The van der Waals surface area contributed by atoms with Crippen LogP contribution in [0.15, 0.2) is 28.9 Å². The van der Waals surface area contributed by atoms with Gasteiger partial charge in [0.1, 0.15) is 12.2 Å². The minimum atomic E-state index is -1.16. The van der Waals surface area contributed by atoms with Crippen molar-refractivity contribution in [3.8, 4) is 5.75 Å². The number of rotatable bonds is 5. The van der Waals surface area contributed by atoms with Crippen molar-refractivity contribution in [1.29, 1.82) is 0 Å². The Labute approximate surface area is 127 Å². The van der Waals surface area contributed by atoms with Crippen LogP contribution in [0.4, 0.5) is 5.69 Å². The SMILES string of the molecule is O=C(O)c1ccoc1COc1c(Cl)cc([N+](=O)[O-])cc1Cl. The van der Waals surface area contributed by atoms with Gasteiger partial charge in [-0.2, -0.15) is 0 Å². The normalized spacial score (nSPS) is 10.4. The first-order valence-corrected chi connectivity index (χ1v) is 6.21. The fraction of sp³-hybridized carbons (Fsp3) is 0.0833. The van der Waals surface area contributed by atoms with E-state index in [9.17, 15) is 14.9 Å². The van der Waals surface area contributed by atoms with Crippen LogP contribution in [0.1, 0.15) is 16.1 Å². The van der Waals surface area contributed by atoms with Crippen LogP contribution >= 0.6 is 23.2 Å². The Hall–Kier alpha value is -2.25. The number of nitro benzene ring substituents is 1. The zero-order chi connectivity index (χ0) is 15.6. The van der Waals surface area contributed by atoms with Crippen molar-refractivity contribution in [3.05, 3.63) is 55.9 Å². The number of aromatic carboxylic acids is 1. The number of nitro groups is 1. The molecule has 2 aromatic rings. The maximum atomic E-state index is 10.9. The molecule has 0 radical (unpaired) electrons. The highest BCUT2D eigenvalue weighted by Crippen LogP contribution is 2.37. The third-order valence-corrected chi connectivity index (χ3v) is 3.08. The lowest BCUT2D eigenvalue weighted by Crippen LogP contribution is -2.03. The Morgan fingerprint density at radius 3 is 2.52 bits per heavy atom. The number of carbonyl (C=O) groups is 1. The summed E-state index contributed by atoms with van der Waals surface area (Å²) in [4.78, 5) is 20.9. The number of furan rings is 1. The number of carboxylic acid groups (broad SMARTS) is 1. The van der Waals surface area contributed by atoms with Gasteiger partial charge in [0, 0.05) is 12.1 Å². The molecule has 0 unspecified atom stereocenters. The van der Waals surface area contributed by atoms with E-state index < -0.39 is 10.9 Å². The molecular formula is C12H7Cl2NO6. The van der Waals surface area contributed by atoms with Crippen molar-refractivity contribution in [2.45, 2.75) is 6.61 Å². The minimum absolute atomic E-state index is 0.0108. The maximum absolute atomic E-state index is 10.9. The van der Waals surface area contributed by atoms with Gasteiger partial charge in [-0.15, -0.1) is 0 Å². The molecule has 0 atom stereocenters. The first-order chi connectivity index (χ1) is 9.90. The molecular weight excluding hydrogens is 325 g/mol. The number of non-ortho nitro benzene ring substituents is 1. The highest BCUT2D eigenvalue weighted by atomic mass is 35.5. The van der Waals surface area contributed by atoms with Crippen LogP contribution < -0.4 is 4.74 Å². The number of hydrogen-bond donors (Lipinski definition) is 1. The van der Waals surface area contributed by atoms with E-state index in [0.717, 1.165) is 12.1 Å². The minimum Gasteiger partial charge on any atom is -0.482 e. The van der Waals surface area contributed by atoms with Gasteiger partial charge in [0.15, 0.2) is 11.5 Å². The fourth-order valence-corrected chi connectivity index (χ4v) is 2.16. The van der Waals surface area contributed by atoms with Crippen molar-refractivity contribution in [1.82, 2.24) is 0 Å². The third-order valence-electron chi connectivity index (χ3n) is 2.52. The summed E-state index contributed by atoms with van der Waals surface area (Å²) in [5.41, 5.74) is -0.328. The summed E-state index contributed by atoms with van der Waals surface area (Å²) in [6.45, 7) is -0.230. The van der Waals surface area contributed by atoms with E-state index in [-0.39, 0.29) is 39.4 Å². The molecule has 0 aliphatic rings. The standard InChI is InChI=1S/C12H7Cl2NO6/c13-8-3-6(15(18)19)4-9(14)11(8)21-5-10-7(12(16)17)1-2-20-10/h1-4H,5H2,(H,16,17). The summed E-state index contributed by atoms with van der Waals surface area (Å²) < 4.78 is 10.3. The molecule has 1 N–H and O–H groups in total. The first kappa shape index (κ1) is 15.1. The summed E-state index contributed by atoms with van der Waals surface area (Å²) in [5.74, 6) is -1.08. The molecule has 0 aliphatic carbocycles. The average Bonchev–Trinajstić information content (AvgIpc) is 2.86. The van der Waals surface area contributed by atoms with Gasteiger partial charge in [-0.05, 0) is 6.07 Å². The number of carboxylic acids is 1. The Morgan fingerprint density at radius 1 is 1.38 bits per heavy atom. The van der Waals surface area contributed by atoms with Gasteiger partial charge in [0.05, 0.1) is 21.2 Å². The molecule has 21 heavy (non-hydrogen) atoms. The van der Waals surface area contributed by atoms with Gasteiger partial charge in [-0.3, -0.25) is 10.1 Å². The summed E-state index contributed by atoms with van der Waals surface area (Å²) >= 11 is 11.7. The highest BCUT2D eigenvalue weighted by molar-refractivity contribution is 6.37. The Bertz CT molecular complexity index is 689. The van der Waals surface area contributed by atoms with Gasteiger partial charge in [0.2, 0.25) is 0 Å². The van der Waals surface area contributed by atoms with Crippen LogP contribution in [0.3, 0.4) is 0 Å². The fourth-order valence-electron chi connectivity index (χ4n) is 1.57. The summed E-state index contributed by atoms with van der Waals surface area (Å²) in [5, 5.41) is 19.4. The lowest BCUT2D eigenvalue weighted by Gasteiger charge is -2.09. The van der Waals surface area contributed by atoms with Crippen LogP contribution in [0.2, 0.25) is 10.0 Å². The van der Waals surface area contributed by atoms with Gasteiger partial charge in [-0.1, -0.05) is 23.2 Å². The summed E-state index contributed by atoms with van der Waals surface area (Å²) in [6.07, 6.45) is 1.21. The molecule has 0 amide bonds. The maximum Gasteiger partial charge on any atom is 0.339 e. The van der Waals surface area contributed by atoms with E-state index >= 15 is 0 Å². The number of halogens is 2. The lowest BCUT2D eigenvalue weighted by molar-refractivity contribution is -0.384. The largest absolute Gasteiger partial charge is 0.482 e. The Kier molecular flexibility index (Phi) is 4.35. The molecule has 1 heterocycles. The van der Waals surface area contributed by atoms with Crippen LogP contribution in [-0.4, -0.2) is 16.0 Å². The second kappa shape index (κ2) is 6.02. The van der Waals surface area contributed by atoms with Crippen molar-refractivity contribution in [2.24, 2.45) is 0 Å². The van der Waals surface area contributed by atoms with E-state index in [0.29, 0.717) is 0 Å². The smallest absolute Gasteiger partial charge is 0.339 e. The first-order valence-electron chi connectivity index (χ1n) is 5.46. The molecule has 0 saturated heterocycles. The van der Waals surface area contributed by atoms with Crippen molar-refractivity contribution in [2.75, 3.05) is 0 Å². The van der Waals surface area contributed by atoms with E-state index in [4.69, 9.17) is 37.5 Å². The highest BCUT2D eigenvalue weighted by Gasteiger charge is 2.18. The van der Waals surface area contributed by atoms with E-state index in [1.165, 1.54) is 12.3 Å². The summed E-state index contributed by atoms with van der Waals surface area (Å²) in [7, 11) is 0. The zero-order valence-electron chi connectivity index (χ0n) is 10.2. The molecule has 7 nitrogen and oxygen atoms in total. The predicted molar refractivity (Wildman–Crippen MR) is 73.1 cm³/mol. The van der Waals surface area contributed by atoms with Gasteiger partial charge in [0.25, 0.3) is 5.69 Å². The molecule has 9 heteroatoms. The Balaban J connectivity index is 2.22. The van der Waals surface area contributed by atoms with E-state index in [1.54, 1.807) is 0 Å². The molecule has 0 spiro atoms. The van der Waals surface area contributed by atoms with Gasteiger partial charge >= 0.3 is 5.97 Å². The van der Waals surface area contributed by atoms with Crippen LogP contribution in [0.25, 0.3) is 0 Å². The van der Waals surface area contributed by atoms with Crippen LogP contribution in [0.5, 0.6) is 5.75 Å². The molecule has 0 saturated carbocycles. The monoisotopic (exact) mass is 331 g/mol. The lowest BCUT2D eigenvalue weighted by atomic mass is 10.2. The zero-order valence-corrected chi connectivity index (χ0v) is 11.7. The topological polar surface area (TPSA) is 103 Å². The number of ether oxygens (including phenoxy) is 1. The van der Waals surface area contributed by atoms with Crippen molar-refractivity contribution >= 4 is 34.9 Å². The van der Waals surface area contributed by atoms with Crippen molar-refractivity contribution < 1.29 is 24.0 Å². The van der Waals surface area contributed by atoms with E-state index in [2.05, 4.69) is 0 Å². The molecule has 1 aromatic carbocycles. The predicted octanol–water partition coefficient (Wildman–Crippen LogP) is 3.77. The molecule has 1 aromatic heterocycles. The number of hydrogen-bond acceptors (Lipinski definition) is 5. The Morgan fingerprint density at radius 2 is 2.00 bits per heavy atom. The average molecular weight is 332 g/mol. The third kappa shape index (κ3) is 3.26. The number of benzene rings is 1.